The van der Waals surface area contributed by atoms with Gasteiger partial charge in [-0.05, 0) is 63.8 Å². The largest absolute Gasteiger partial charge is 0.489 e. The summed E-state index contributed by atoms with van der Waals surface area (Å²) in [5.74, 6) is 0.574. The molecule has 1 aromatic heterocycles. The van der Waals surface area contributed by atoms with E-state index in [-0.39, 0.29) is 24.3 Å². The van der Waals surface area contributed by atoms with E-state index in [0.29, 0.717) is 12.1 Å². The van der Waals surface area contributed by atoms with Crippen LogP contribution in [0, 0.1) is 0 Å². The van der Waals surface area contributed by atoms with E-state index in [2.05, 4.69) is 10.3 Å². The molecular formula is C21H25FN2O4. The fraction of sp³-hybridized carbons (Fsp3) is 0.429. The lowest BCUT2D eigenvalue weighted by Gasteiger charge is -2.20. The molecule has 0 atom stereocenters. The number of nitrogens with one attached hydrogen (secondary N) is 2. The minimum Gasteiger partial charge on any atom is -0.489 e. The molecule has 3 rings (SSSR count). The molecule has 150 valence electrons. The van der Waals surface area contributed by atoms with E-state index in [9.17, 15) is 14.0 Å². The predicted octanol–water partition coefficient (Wildman–Crippen LogP) is 3.77. The summed E-state index contributed by atoms with van der Waals surface area (Å²) in [6.45, 7) is 5.24. The first kappa shape index (κ1) is 19.9. The average Bonchev–Trinajstić information content (AvgIpc) is 3.11. The van der Waals surface area contributed by atoms with Gasteiger partial charge in [-0.1, -0.05) is 0 Å². The van der Waals surface area contributed by atoms with Gasteiger partial charge in [-0.25, -0.2) is 9.18 Å². The zero-order valence-electron chi connectivity index (χ0n) is 16.4. The molecule has 0 saturated carbocycles. The van der Waals surface area contributed by atoms with Crippen molar-refractivity contribution < 1.29 is 18.7 Å². The van der Waals surface area contributed by atoms with Gasteiger partial charge in [-0.3, -0.25) is 4.79 Å². The number of H-pyrrole nitrogens is 1. The van der Waals surface area contributed by atoms with E-state index in [4.69, 9.17) is 9.47 Å². The van der Waals surface area contributed by atoms with E-state index in [1.807, 2.05) is 6.07 Å². The van der Waals surface area contributed by atoms with E-state index in [1.54, 1.807) is 32.9 Å². The number of halogens is 1. The van der Waals surface area contributed by atoms with E-state index in [0.717, 1.165) is 41.3 Å². The molecule has 0 radical (unpaired) electrons. The predicted molar refractivity (Wildman–Crippen MR) is 106 cm³/mol. The quantitative estimate of drug-likeness (QED) is 0.817. The summed E-state index contributed by atoms with van der Waals surface area (Å²) >= 11 is 0. The number of hydrogen-bond donors (Lipinski definition) is 2. The van der Waals surface area contributed by atoms with Crippen LogP contribution in [0.15, 0.2) is 34.9 Å². The third-order valence-electron chi connectivity index (χ3n) is 4.49. The Hall–Kier alpha value is -2.83. The molecule has 0 spiro atoms. The maximum absolute atomic E-state index is 13.2. The lowest BCUT2D eigenvalue weighted by Crippen LogP contribution is -2.34. The molecule has 0 aliphatic heterocycles. The molecular weight excluding hydrogens is 363 g/mol. The number of rotatable bonds is 5. The molecule has 6 nitrogen and oxygen atoms in total. The molecule has 1 aliphatic carbocycles. The molecule has 7 heteroatoms. The van der Waals surface area contributed by atoms with Crippen molar-refractivity contribution in [2.24, 2.45) is 0 Å². The third-order valence-corrected chi connectivity index (χ3v) is 4.49. The second-order valence-corrected chi connectivity index (χ2v) is 7.88. The summed E-state index contributed by atoms with van der Waals surface area (Å²) in [5, 5.41) is 3.47. The van der Waals surface area contributed by atoms with Crippen LogP contribution in [0.3, 0.4) is 0 Å². The van der Waals surface area contributed by atoms with Crippen molar-refractivity contribution in [2.75, 3.05) is 13.2 Å². The Kier molecular flexibility index (Phi) is 5.72. The normalized spacial score (nSPS) is 14.1. The Bertz CT molecular complexity index is 973. The summed E-state index contributed by atoms with van der Waals surface area (Å²) in [4.78, 5) is 26.7. The zero-order valence-corrected chi connectivity index (χ0v) is 16.4. The number of fused-ring (bicyclic) bond motifs is 3. The van der Waals surface area contributed by atoms with Crippen LogP contribution in [-0.2, 0) is 17.6 Å². The van der Waals surface area contributed by atoms with Crippen molar-refractivity contribution in [2.45, 2.75) is 45.6 Å². The number of pyridine rings is 1. The summed E-state index contributed by atoms with van der Waals surface area (Å²) in [7, 11) is 0. The molecule has 0 unspecified atom stereocenters. The van der Waals surface area contributed by atoms with E-state index in [1.165, 1.54) is 0 Å². The van der Waals surface area contributed by atoms with Crippen molar-refractivity contribution in [1.29, 1.82) is 0 Å². The van der Waals surface area contributed by atoms with Crippen molar-refractivity contribution in [1.82, 2.24) is 10.3 Å². The summed E-state index contributed by atoms with van der Waals surface area (Å²) in [6, 6.07) is 5.39. The molecule has 0 bridgehead atoms. The first-order valence-electron chi connectivity index (χ1n) is 9.32. The van der Waals surface area contributed by atoms with Crippen LogP contribution in [0.25, 0.3) is 10.9 Å². The van der Waals surface area contributed by atoms with Gasteiger partial charge in [0.25, 0.3) is 5.56 Å². The maximum Gasteiger partial charge on any atom is 0.407 e. The Morgan fingerprint density at radius 3 is 2.75 bits per heavy atom. The number of benzene rings is 1. The first-order valence-corrected chi connectivity index (χ1v) is 9.32. The molecule has 0 saturated heterocycles. The number of amides is 1. The number of aromatic amines is 1. The zero-order chi connectivity index (χ0) is 20.3. The number of carbonyl (C=O) groups excluding carboxylic acids is 1. The molecule has 1 aliphatic rings. The van der Waals surface area contributed by atoms with Crippen LogP contribution in [0.4, 0.5) is 9.18 Å². The van der Waals surface area contributed by atoms with Gasteiger partial charge in [0.1, 0.15) is 18.0 Å². The van der Waals surface area contributed by atoms with Gasteiger partial charge in [0.05, 0.1) is 6.33 Å². The lowest BCUT2D eigenvalue weighted by atomic mass is 10.1. The monoisotopic (exact) mass is 388 g/mol. The van der Waals surface area contributed by atoms with Crippen LogP contribution < -0.4 is 15.6 Å². The van der Waals surface area contributed by atoms with Gasteiger partial charge in [0.2, 0.25) is 0 Å². The highest BCUT2D eigenvalue weighted by Gasteiger charge is 2.18. The fourth-order valence-electron chi connectivity index (χ4n) is 3.26. The highest BCUT2D eigenvalue weighted by Crippen LogP contribution is 2.29. The minimum absolute atomic E-state index is 0.0106. The standard InChI is InChI=1S/C21H25FN2O4/c1-21(2,3)28-20(26)23-11-13(10-22)12-27-14-7-8-18-17(9-14)15-5-4-6-16(15)19(25)24-18/h7-10H,4-6,11-12H2,1-3H3,(H,23,26)(H,24,25)/b13-10+. The Morgan fingerprint density at radius 2 is 2.04 bits per heavy atom. The highest BCUT2D eigenvalue weighted by atomic mass is 19.1. The van der Waals surface area contributed by atoms with Crippen molar-refractivity contribution in [3.8, 4) is 5.75 Å². The SMILES string of the molecule is CC(C)(C)OC(=O)NC/C(=C\F)COc1ccc2[nH]c(=O)c3c(c2c1)CCC3. The number of hydrogen-bond acceptors (Lipinski definition) is 4. The van der Waals surface area contributed by atoms with Crippen LogP contribution >= 0.6 is 0 Å². The van der Waals surface area contributed by atoms with E-state index >= 15 is 0 Å². The number of aromatic nitrogens is 1. The van der Waals surface area contributed by atoms with Gasteiger partial charge < -0.3 is 19.8 Å². The molecule has 1 heterocycles. The van der Waals surface area contributed by atoms with Gasteiger partial charge in [0, 0.05) is 28.6 Å². The Morgan fingerprint density at radius 1 is 1.29 bits per heavy atom. The second kappa shape index (κ2) is 8.04. The number of ether oxygens (including phenoxy) is 2. The van der Waals surface area contributed by atoms with Gasteiger partial charge in [-0.2, -0.15) is 0 Å². The smallest absolute Gasteiger partial charge is 0.407 e. The van der Waals surface area contributed by atoms with Crippen LogP contribution in [0.2, 0.25) is 0 Å². The minimum atomic E-state index is -0.619. The molecule has 28 heavy (non-hydrogen) atoms. The number of alkyl carbamates (subject to hydrolysis) is 1. The molecule has 1 aromatic carbocycles. The van der Waals surface area contributed by atoms with Crippen LogP contribution in [0.5, 0.6) is 5.75 Å². The fourth-order valence-corrected chi connectivity index (χ4v) is 3.26. The molecule has 1 amide bonds. The highest BCUT2D eigenvalue weighted by molar-refractivity contribution is 5.85. The van der Waals surface area contributed by atoms with Crippen molar-refractivity contribution in [3.63, 3.8) is 0 Å². The molecule has 0 fully saturated rings. The summed E-state index contributed by atoms with van der Waals surface area (Å²) in [5.41, 5.74) is 2.31. The lowest BCUT2D eigenvalue weighted by molar-refractivity contribution is 0.0531. The van der Waals surface area contributed by atoms with E-state index < -0.39 is 11.7 Å². The topological polar surface area (TPSA) is 80.4 Å². The Balaban J connectivity index is 1.65. The summed E-state index contributed by atoms with van der Waals surface area (Å²) < 4.78 is 24.0. The first-order chi connectivity index (χ1) is 13.3. The van der Waals surface area contributed by atoms with Crippen molar-refractivity contribution in [3.05, 3.63) is 51.6 Å². The van der Waals surface area contributed by atoms with Crippen LogP contribution in [-0.4, -0.2) is 29.8 Å². The average molecular weight is 388 g/mol. The van der Waals surface area contributed by atoms with Crippen LogP contribution in [0.1, 0.15) is 38.3 Å². The number of carbonyl (C=O) groups is 1. The van der Waals surface area contributed by atoms with Gasteiger partial charge in [0.15, 0.2) is 0 Å². The molecule has 2 N–H and O–H groups in total. The summed E-state index contributed by atoms with van der Waals surface area (Å²) in [6.07, 6.45) is 2.43. The third kappa shape index (κ3) is 4.71. The Labute approximate surface area is 162 Å². The second-order valence-electron chi connectivity index (χ2n) is 7.88. The van der Waals surface area contributed by atoms with Gasteiger partial charge >= 0.3 is 6.09 Å². The molecule has 2 aromatic rings. The van der Waals surface area contributed by atoms with Crippen molar-refractivity contribution >= 4 is 17.0 Å². The van der Waals surface area contributed by atoms with Gasteiger partial charge in [-0.15, -0.1) is 0 Å². The maximum atomic E-state index is 13.2. The number of aryl methyl sites for hydroxylation is 1.